The first kappa shape index (κ1) is 28.1. The Labute approximate surface area is 219 Å². The van der Waals surface area contributed by atoms with E-state index in [1.165, 1.54) is 11.0 Å². The van der Waals surface area contributed by atoms with Crippen molar-refractivity contribution in [3.63, 3.8) is 0 Å². The molecular weight excluding hydrogens is 472 g/mol. The average Bonchev–Trinajstić information content (AvgIpc) is 3.10. The lowest BCUT2D eigenvalue weighted by atomic mass is 9.93. The van der Waals surface area contributed by atoms with E-state index in [4.69, 9.17) is 9.47 Å². The number of amides is 1. The number of carbonyl (C=O) groups excluding carboxylic acids is 2. The summed E-state index contributed by atoms with van der Waals surface area (Å²) in [7, 11) is 3.89. The summed E-state index contributed by atoms with van der Waals surface area (Å²) < 4.78 is 11.3. The smallest absolute Gasteiger partial charge is 0.295 e. The van der Waals surface area contributed by atoms with E-state index in [1.54, 1.807) is 31.2 Å². The van der Waals surface area contributed by atoms with Gasteiger partial charge in [-0.15, -0.1) is 0 Å². The van der Waals surface area contributed by atoms with Gasteiger partial charge in [0.2, 0.25) is 0 Å². The van der Waals surface area contributed by atoms with Crippen LogP contribution in [0.1, 0.15) is 55.8 Å². The summed E-state index contributed by atoms with van der Waals surface area (Å²) in [5.41, 5.74) is 1.78. The number of Topliss-reactive ketones (excluding diaryl/α,β-unsaturated/α-hetero) is 1. The fourth-order valence-corrected chi connectivity index (χ4v) is 4.46. The minimum atomic E-state index is -0.818. The predicted octanol–water partition coefficient (Wildman–Crippen LogP) is 4.65. The molecule has 1 heterocycles. The number of hydrogen-bond donors (Lipinski definition) is 2. The standard InChI is InChI=1S/C29H38N2O6/c1-6-8-16-37-21-11-12-22(19(3)17-21)27(33)25-26(20-10-13-23(32)24(18-20)36-7-2)31(29(35)28(25)34)15-9-14-30(4)5/h10-13,17-18,26,32-33H,6-9,14-16H2,1-5H3/t26-/m0/s1. The minimum absolute atomic E-state index is 0.0192. The molecule has 1 atom stereocenters. The van der Waals surface area contributed by atoms with Gasteiger partial charge in [-0.2, -0.15) is 0 Å². The van der Waals surface area contributed by atoms with Crippen molar-refractivity contribution in [1.29, 1.82) is 0 Å². The van der Waals surface area contributed by atoms with Gasteiger partial charge >= 0.3 is 0 Å². The SMILES string of the molecule is CCCCOc1ccc(C(O)=C2C(=O)C(=O)N(CCCN(C)C)[C@H]2c2ccc(O)c(OCC)c2)c(C)c1. The van der Waals surface area contributed by atoms with Crippen molar-refractivity contribution >= 4 is 17.4 Å². The van der Waals surface area contributed by atoms with Crippen LogP contribution >= 0.6 is 0 Å². The Hall–Kier alpha value is -3.52. The molecule has 2 N–H and O–H groups in total. The molecule has 8 heteroatoms. The van der Waals surface area contributed by atoms with Gasteiger partial charge < -0.3 is 29.5 Å². The van der Waals surface area contributed by atoms with Crippen LogP contribution in [0.5, 0.6) is 17.2 Å². The van der Waals surface area contributed by atoms with E-state index in [9.17, 15) is 19.8 Å². The van der Waals surface area contributed by atoms with Crippen LogP contribution in [0.2, 0.25) is 0 Å². The van der Waals surface area contributed by atoms with Crippen molar-refractivity contribution in [2.24, 2.45) is 0 Å². The first-order chi connectivity index (χ1) is 17.7. The first-order valence-corrected chi connectivity index (χ1v) is 12.8. The number of unbranched alkanes of at least 4 members (excludes halogenated alkanes) is 1. The molecule has 0 spiro atoms. The summed E-state index contributed by atoms with van der Waals surface area (Å²) in [6.07, 6.45) is 2.61. The van der Waals surface area contributed by atoms with Crippen LogP contribution in [-0.4, -0.2) is 72.1 Å². The second-order valence-corrected chi connectivity index (χ2v) is 9.49. The van der Waals surface area contributed by atoms with Crippen LogP contribution in [0.4, 0.5) is 0 Å². The summed E-state index contributed by atoms with van der Waals surface area (Å²) >= 11 is 0. The van der Waals surface area contributed by atoms with E-state index < -0.39 is 17.7 Å². The van der Waals surface area contributed by atoms with Crippen molar-refractivity contribution in [2.75, 3.05) is 40.4 Å². The number of aliphatic hydroxyl groups excluding tert-OH is 1. The summed E-state index contributed by atoms with van der Waals surface area (Å²) in [6.45, 7) is 7.73. The second-order valence-electron chi connectivity index (χ2n) is 9.49. The molecule has 0 unspecified atom stereocenters. The summed E-state index contributed by atoms with van der Waals surface area (Å²) in [6, 6.07) is 9.23. The van der Waals surface area contributed by atoms with Crippen molar-refractivity contribution in [3.8, 4) is 17.2 Å². The number of nitrogens with zero attached hydrogens (tertiary/aromatic N) is 2. The third-order valence-electron chi connectivity index (χ3n) is 6.36. The maximum atomic E-state index is 13.3. The largest absolute Gasteiger partial charge is 0.507 e. The summed E-state index contributed by atoms with van der Waals surface area (Å²) in [5.74, 6) is -0.729. The van der Waals surface area contributed by atoms with Crippen molar-refractivity contribution in [2.45, 2.75) is 46.1 Å². The number of aromatic hydroxyl groups is 1. The van der Waals surface area contributed by atoms with Gasteiger partial charge in [0.05, 0.1) is 24.8 Å². The third kappa shape index (κ3) is 6.43. The van der Waals surface area contributed by atoms with Crippen LogP contribution in [0, 0.1) is 6.92 Å². The number of ketones is 1. The number of phenolic OH excluding ortho intramolecular Hbond substituents is 1. The first-order valence-electron chi connectivity index (χ1n) is 12.8. The maximum Gasteiger partial charge on any atom is 0.295 e. The van der Waals surface area contributed by atoms with E-state index in [2.05, 4.69) is 6.92 Å². The zero-order chi connectivity index (χ0) is 27.1. The number of phenols is 1. The number of rotatable bonds is 12. The number of aryl methyl sites for hydroxylation is 1. The molecule has 1 fully saturated rings. The van der Waals surface area contributed by atoms with Crippen LogP contribution in [0.25, 0.3) is 5.76 Å². The Morgan fingerprint density at radius 1 is 1.05 bits per heavy atom. The van der Waals surface area contributed by atoms with Crippen molar-refractivity contribution in [3.05, 3.63) is 58.7 Å². The van der Waals surface area contributed by atoms with Crippen LogP contribution in [-0.2, 0) is 9.59 Å². The molecule has 200 valence electrons. The molecule has 8 nitrogen and oxygen atoms in total. The molecule has 0 radical (unpaired) electrons. The van der Waals surface area contributed by atoms with Crippen molar-refractivity contribution < 1.29 is 29.3 Å². The Bertz CT molecular complexity index is 1160. The lowest BCUT2D eigenvalue weighted by molar-refractivity contribution is -0.139. The summed E-state index contributed by atoms with van der Waals surface area (Å²) in [5, 5.41) is 21.7. The molecule has 2 aromatic carbocycles. The molecule has 0 aliphatic carbocycles. The van der Waals surface area contributed by atoms with E-state index in [0.717, 1.165) is 24.9 Å². The molecule has 3 rings (SSSR count). The van der Waals surface area contributed by atoms with E-state index in [1.807, 2.05) is 32.0 Å². The van der Waals surface area contributed by atoms with Gasteiger partial charge in [0.1, 0.15) is 11.5 Å². The van der Waals surface area contributed by atoms with Gasteiger partial charge in [0.15, 0.2) is 11.5 Å². The van der Waals surface area contributed by atoms with Gasteiger partial charge in [-0.1, -0.05) is 19.4 Å². The maximum absolute atomic E-state index is 13.3. The number of aliphatic hydroxyl groups is 1. The fraction of sp³-hybridized carbons (Fsp3) is 0.448. The van der Waals surface area contributed by atoms with Crippen LogP contribution < -0.4 is 9.47 Å². The Morgan fingerprint density at radius 2 is 1.81 bits per heavy atom. The van der Waals surface area contributed by atoms with E-state index in [-0.39, 0.29) is 22.8 Å². The quantitative estimate of drug-likeness (QED) is 0.186. The van der Waals surface area contributed by atoms with Gasteiger partial charge in [-0.05, 0) is 88.8 Å². The van der Waals surface area contributed by atoms with Gasteiger partial charge in [0, 0.05) is 12.1 Å². The highest BCUT2D eigenvalue weighted by Gasteiger charge is 2.46. The Balaban J connectivity index is 2.09. The third-order valence-corrected chi connectivity index (χ3v) is 6.36. The zero-order valence-corrected chi connectivity index (χ0v) is 22.4. The number of hydrogen-bond acceptors (Lipinski definition) is 7. The highest BCUT2D eigenvalue weighted by Crippen LogP contribution is 2.42. The Kier molecular flexibility index (Phi) is 9.58. The average molecular weight is 511 g/mol. The van der Waals surface area contributed by atoms with Gasteiger partial charge in [-0.25, -0.2) is 0 Å². The number of ether oxygens (including phenoxy) is 2. The topological polar surface area (TPSA) is 99.5 Å². The van der Waals surface area contributed by atoms with Crippen LogP contribution in [0.15, 0.2) is 42.0 Å². The molecule has 0 saturated carbocycles. The molecule has 0 bridgehead atoms. The highest BCUT2D eigenvalue weighted by molar-refractivity contribution is 6.46. The second kappa shape index (κ2) is 12.6. The molecule has 0 aromatic heterocycles. The monoisotopic (exact) mass is 510 g/mol. The lowest BCUT2D eigenvalue weighted by Gasteiger charge is -2.26. The molecule has 1 amide bonds. The Morgan fingerprint density at radius 3 is 2.46 bits per heavy atom. The molecule has 1 saturated heterocycles. The van der Waals surface area contributed by atoms with E-state index in [0.29, 0.717) is 43.1 Å². The molecule has 2 aromatic rings. The predicted molar refractivity (Wildman–Crippen MR) is 143 cm³/mol. The van der Waals surface area contributed by atoms with Gasteiger partial charge in [0.25, 0.3) is 11.7 Å². The van der Waals surface area contributed by atoms with Gasteiger partial charge in [-0.3, -0.25) is 9.59 Å². The molecule has 1 aliphatic heterocycles. The molecule has 1 aliphatic rings. The zero-order valence-electron chi connectivity index (χ0n) is 22.4. The normalized spacial score (nSPS) is 17.0. The number of likely N-dealkylation sites (tertiary alicyclic amines) is 1. The van der Waals surface area contributed by atoms with Crippen LogP contribution in [0.3, 0.4) is 0 Å². The van der Waals surface area contributed by atoms with Crippen molar-refractivity contribution in [1.82, 2.24) is 9.80 Å². The molecule has 37 heavy (non-hydrogen) atoms. The number of carbonyl (C=O) groups is 2. The summed E-state index contributed by atoms with van der Waals surface area (Å²) in [4.78, 5) is 30.0. The molecular formula is C29H38N2O6. The highest BCUT2D eigenvalue weighted by atomic mass is 16.5. The number of benzene rings is 2. The van der Waals surface area contributed by atoms with E-state index >= 15 is 0 Å². The minimum Gasteiger partial charge on any atom is -0.507 e. The lowest BCUT2D eigenvalue weighted by Crippen LogP contribution is -2.32. The fourth-order valence-electron chi connectivity index (χ4n) is 4.46.